The van der Waals surface area contributed by atoms with Gasteiger partial charge in [0.25, 0.3) is 0 Å². The molecule has 0 fully saturated rings. The standard InChI is InChI=1S/C23H23NO3S/c1-2-3-6-17-14-26-22-12-11-19(13-20(22)23(17)25)28-27-15-18-10-9-16-7-4-5-8-21(16)24-18/h4-5,7-13,17H,2-3,6,14-15H2,1H3. The number of nitrogens with zero attached hydrogens (tertiary/aromatic N) is 1. The maximum absolute atomic E-state index is 12.8. The predicted molar refractivity (Wildman–Crippen MR) is 112 cm³/mol. The molecule has 144 valence electrons. The fourth-order valence-electron chi connectivity index (χ4n) is 3.38. The van der Waals surface area contributed by atoms with Crippen LogP contribution in [0.2, 0.25) is 0 Å². The SMILES string of the molecule is CCCCC1COc2ccc(SOCc3ccc4ccccc4n3)cc2C1=O. The molecule has 4 rings (SSSR count). The van der Waals surface area contributed by atoms with Crippen molar-refractivity contribution in [2.24, 2.45) is 5.92 Å². The minimum absolute atomic E-state index is 0.0320. The Kier molecular flexibility index (Phi) is 5.93. The summed E-state index contributed by atoms with van der Waals surface area (Å²) in [5, 5.41) is 1.12. The first-order valence-corrected chi connectivity index (χ1v) is 10.4. The second-order valence-corrected chi connectivity index (χ2v) is 7.89. The minimum atomic E-state index is -0.0320. The number of rotatable bonds is 7. The maximum atomic E-state index is 12.8. The van der Waals surface area contributed by atoms with E-state index in [0.29, 0.717) is 24.5 Å². The zero-order valence-electron chi connectivity index (χ0n) is 15.9. The summed E-state index contributed by atoms with van der Waals surface area (Å²) in [6.07, 6.45) is 3.02. The number of fused-ring (bicyclic) bond motifs is 2. The maximum Gasteiger partial charge on any atom is 0.173 e. The van der Waals surface area contributed by atoms with E-state index < -0.39 is 0 Å². The number of para-hydroxylation sites is 1. The molecule has 0 radical (unpaired) electrons. The van der Waals surface area contributed by atoms with Gasteiger partial charge in [0.15, 0.2) is 5.78 Å². The van der Waals surface area contributed by atoms with Gasteiger partial charge in [0.05, 0.1) is 29.3 Å². The highest BCUT2D eigenvalue weighted by Gasteiger charge is 2.28. The van der Waals surface area contributed by atoms with Crippen LogP contribution < -0.4 is 4.74 Å². The van der Waals surface area contributed by atoms with E-state index in [1.807, 2.05) is 48.5 Å². The average molecular weight is 394 g/mol. The van der Waals surface area contributed by atoms with Crippen LogP contribution in [0.5, 0.6) is 5.75 Å². The second kappa shape index (κ2) is 8.76. The molecule has 0 bridgehead atoms. The Hall–Kier alpha value is -2.37. The number of ether oxygens (including phenoxy) is 1. The third-order valence-corrected chi connectivity index (χ3v) is 5.63. The van der Waals surface area contributed by atoms with E-state index >= 15 is 0 Å². The van der Waals surface area contributed by atoms with E-state index in [0.717, 1.165) is 40.8 Å². The van der Waals surface area contributed by atoms with Crippen molar-refractivity contribution in [1.82, 2.24) is 4.98 Å². The van der Waals surface area contributed by atoms with Gasteiger partial charge in [0.1, 0.15) is 12.4 Å². The number of Topliss-reactive ketones (excluding diaryl/α,β-unsaturated/α-hetero) is 1. The Morgan fingerprint density at radius 2 is 2.07 bits per heavy atom. The van der Waals surface area contributed by atoms with Crippen molar-refractivity contribution in [3.8, 4) is 5.75 Å². The molecule has 1 aliphatic rings. The van der Waals surface area contributed by atoms with Crippen molar-refractivity contribution in [2.75, 3.05) is 6.61 Å². The highest BCUT2D eigenvalue weighted by molar-refractivity contribution is 7.94. The number of hydrogen-bond donors (Lipinski definition) is 0. The van der Waals surface area contributed by atoms with Gasteiger partial charge in [0, 0.05) is 22.3 Å². The van der Waals surface area contributed by atoms with Crippen molar-refractivity contribution in [3.63, 3.8) is 0 Å². The van der Waals surface area contributed by atoms with Gasteiger partial charge in [-0.1, -0.05) is 44.0 Å². The normalized spacial score (nSPS) is 16.0. The molecule has 1 aromatic heterocycles. The third kappa shape index (κ3) is 4.21. The van der Waals surface area contributed by atoms with Crippen molar-refractivity contribution < 1.29 is 13.7 Å². The van der Waals surface area contributed by atoms with Gasteiger partial charge in [-0.2, -0.15) is 0 Å². The molecule has 28 heavy (non-hydrogen) atoms. The lowest BCUT2D eigenvalue weighted by atomic mass is 9.91. The topological polar surface area (TPSA) is 48.4 Å². The fourth-order valence-corrected chi connectivity index (χ4v) is 3.98. The van der Waals surface area contributed by atoms with Crippen molar-refractivity contribution in [2.45, 2.75) is 37.7 Å². The third-order valence-electron chi connectivity index (χ3n) is 4.95. The van der Waals surface area contributed by atoms with E-state index in [4.69, 9.17) is 8.92 Å². The van der Waals surface area contributed by atoms with Crippen molar-refractivity contribution >= 4 is 28.7 Å². The minimum Gasteiger partial charge on any atom is -0.492 e. The molecular formula is C23H23NO3S. The summed E-state index contributed by atoms with van der Waals surface area (Å²) in [5.74, 6) is 0.835. The molecule has 0 spiro atoms. The van der Waals surface area contributed by atoms with Crippen LogP contribution in [-0.2, 0) is 10.8 Å². The van der Waals surface area contributed by atoms with Crippen LogP contribution in [0.3, 0.4) is 0 Å². The Labute approximate surface area is 169 Å². The predicted octanol–water partition coefficient (Wildman–Crippen LogP) is 5.84. The van der Waals surface area contributed by atoms with Crippen molar-refractivity contribution in [3.05, 3.63) is 65.9 Å². The van der Waals surface area contributed by atoms with Crippen LogP contribution in [-0.4, -0.2) is 17.4 Å². The molecule has 1 atom stereocenters. The van der Waals surface area contributed by atoms with Crippen LogP contribution in [0.4, 0.5) is 0 Å². The summed E-state index contributed by atoms with van der Waals surface area (Å²) in [7, 11) is 0. The van der Waals surface area contributed by atoms with E-state index in [9.17, 15) is 4.79 Å². The van der Waals surface area contributed by atoms with Crippen LogP contribution in [0, 0.1) is 5.92 Å². The number of unbranched alkanes of at least 4 members (excludes halogenated alkanes) is 1. The molecule has 0 N–H and O–H groups in total. The van der Waals surface area contributed by atoms with Crippen LogP contribution in [0.15, 0.2) is 59.5 Å². The Morgan fingerprint density at radius 1 is 1.18 bits per heavy atom. The summed E-state index contributed by atoms with van der Waals surface area (Å²) in [4.78, 5) is 18.3. The lowest BCUT2D eigenvalue weighted by Gasteiger charge is -2.24. The monoisotopic (exact) mass is 393 g/mol. The molecule has 0 aliphatic carbocycles. The molecule has 2 aromatic carbocycles. The first-order chi connectivity index (χ1) is 13.7. The Morgan fingerprint density at radius 3 is 2.96 bits per heavy atom. The second-order valence-electron chi connectivity index (χ2n) is 7.01. The zero-order valence-corrected chi connectivity index (χ0v) is 16.7. The molecule has 0 amide bonds. The molecule has 0 saturated carbocycles. The molecule has 2 heterocycles. The molecule has 1 unspecified atom stereocenters. The quantitative estimate of drug-likeness (QED) is 0.472. The van der Waals surface area contributed by atoms with Crippen LogP contribution in [0.1, 0.15) is 42.2 Å². The summed E-state index contributed by atoms with van der Waals surface area (Å²) < 4.78 is 11.6. The first-order valence-electron chi connectivity index (χ1n) is 9.70. The number of carbonyl (C=O) groups is 1. The van der Waals surface area contributed by atoms with E-state index in [1.54, 1.807) is 0 Å². The number of pyridine rings is 1. The molecule has 5 heteroatoms. The molecule has 4 nitrogen and oxygen atoms in total. The highest BCUT2D eigenvalue weighted by Crippen LogP contribution is 2.33. The number of benzene rings is 2. The lowest BCUT2D eigenvalue weighted by Crippen LogP contribution is -2.27. The van der Waals surface area contributed by atoms with Gasteiger partial charge in [-0.25, -0.2) is 0 Å². The van der Waals surface area contributed by atoms with Gasteiger partial charge in [-0.15, -0.1) is 0 Å². The van der Waals surface area contributed by atoms with Crippen LogP contribution in [0.25, 0.3) is 10.9 Å². The summed E-state index contributed by atoms with van der Waals surface area (Å²) in [6, 6.07) is 17.7. The number of aromatic nitrogens is 1. The van der Waals surface area contributed by atoms with E-state index in [1.165, 1.54) is 12.0 Å². The molecule has 0 saturated heterocycles. The summed E-state index contributed by atoms with van der Waals surface area (Å²) >= 11 is 1.27. The van der Waals surface area contributed by atoms with Crippen LogP contribution >= 0.6 is 12.0 Å². The van der Waals surface area contributed by atoms with Gasteiger partial charge >= 0.3 is 0 Å². The van der Waals surface area contributed by atoms with Gasteiger partial charge in [-0.05, 0) is 36.8 Å². The van der Waals surface area contributed by atoms with E-state index in [2.05, 4.69) is 18.0 Å². The van der Waals surface area contributed by atoms with Gasteiger partial charge in [0.2, 0.25) is 0 Å². The van der Waals surface area contributed by atoms with Gasteiger partial charge < -0.3 is 8.92 Å². The largest absolute Gasteiger partial charge is 0.492 e. The zero-order chi connectivity index (χ0) is 19.3. The number of ketones is 1. The summed E-state index contributed by atoms with van der Waals surface area (Å²) in [5.41, 5.74) is 2.51. The molecule has 1 aliphatic heterocycles. The molecular weight excluding hydrogens is 370 g/mol. The lowest BCUT2D eigenvalue weighted by molar-refractivity contribution is 0.0817. The van der Waals surface area contributed by atoms with Gasteiger partial charge in [-0.3, -0.25) is 9.78 Å². The highest BCUT2D eigenvalue weighted by atomic mass is 32.2. The smallest absolute Gasteiger partial charge is 0.173 e. The summed E-state index contributed by atoms with van der Waals surface area (Å²) in [6.45, 7) is 3.03. The Bertz CT molecular complexity index is 988. The van der Waals surface area contributed by atoms with Crippen molar-refractivity contribution in [1.29, 1.82) is 0 Å². The fraction of sp³-hybridized carbons (Fsp3) is 0.304. The number of carbonyl (C=O) groups excluding carboxylic acids is 1. The van der Waals surface area contributed by atoms with E-state index in [-0.39, 0.29) is 11.7 Å². The number of hydrogen-bond acceptors (Lipinski definition) is 5. The first kappa shape index (κ1) is 19.0. The average Bonchev–Trinajstić information content (AvgIpc) is 2.73. The Balaban J connectivity index is 1.40. The molecule has 3 aromatic rings.